The Balaban J connectivity index is 2.06. The minimum absolute atomic E-state index is 0.0745. The van der Waals surface area contributed by atoms with Gasteiger partial charge in [-0.15, -0.1) is 0 Å². The number of amidine groups is 1. The fourth-order valence-corrected chi connectivity index (χ4v) is 1.83. The molecule has 2 rings (SSSR count). The molecule has 0 bridgehead atoms. The third-order valence-corrected chi connectivity index (χ3v) is 3.04. The Morgan fingerprint density at radius 1 is 1.25 bits per heavy atom. The maximum atomic E-state index is 13.2. The molecule has 0 aliphatic carbocycles. The molecule has 0 amide bonds. The molecular weight excluding hydrogens is 257 g/mol. The highest BCUT2D eigenvalue weighted by Crippen LogP contribution is 2.17. The summed E-state index contributed by atoms with van der Waals surface area (Å²) in [6, 6.07) is 11.9. The summed E-state index contributed by atoms with van der Waals surface area (Å²) >= 11 is 0. The van der Waals surface area contributed by atoms with Gasteiger partial charge in [0.05, 0.1) is 0 Å². The fraction of sp³-hybridized carbons (Fsp3) is 0.133. The van der Waals surface area contributed by atoms with Crippen LogP contribution in [0.5, 0.6) is 0 Å². The van der Waals surface area contributed by atoms with Crippen LogP contribution in [0.3, 0.4) is 0 Å². The van der Waals surface area contributed by atoms with Gasteiger partial charge in [-0.3, -0.25) is 0 Å². The molecule has 0 radical (unpaired) electrons. The first-order valence-electron chi connectivity index (χ1n) is 6.17. The molecule has 0 aliphatic heterocycles. The third kappa shape index (κ3) is 3.26. The molecule has 0 aliphatic rings. The molecule has 5 heteroatoms. The molecule has 4 N–H and O–H groups in total. The SMILES string of the molecule is Cc1ccc(F)cc1NCc1ccc(C(N)=NO)cc1. The summed E-state index contributed by atoms with van der Waals surface area (Å²) in [6.45, 7) is 2.49. The van der Waals surface area contributed by atoms with Crippen molar-refractivity contribution in [2.24, 2.45) is 10.9 Å². The van der Waals surface area contributed by atoms with Crippen molar-refractivity contribution in [3.8, 4) is 0 Å². The van der Waals surface area contributed by atoms with Gasteiger partial charge in [0.25, 0.3) is 0 Å². The fourth-order valence-electron chi connectivity index (χ4n) is 1.83. The van der Waals surface area contributed by atoms with Crippen LogP contribution in [-0.4, -0.2) is 11.0 Å². The minimum atomic E-state index is -0.264. The van der Waals surface area contributed by atoms with Crippen molar-refractivity contribution in [2.45, 2.75) is 13.5 Å². The molecule has 104 valence electrons. The molecule has 2 aromatic rings. The predicted molar refractivity (Wildman–Crippen MR) is 77.4 cm³/mol. The maximum absolute atomic E-state index is 13.2. The zero-order valence-corrected chi connectivity index (χ0v) is 11.1. The molecule has 0 saturated carbocycles. The van der Waals surface area contributed by atoms with Crippen molar-refractivity contribution in [2.75, 3.05) is 5.32 Å². The number of nitrogens with one attached hydrogen (secondary N) is 1. The minimum Gasteiger partial charge on any atom is -0.409 e. The van der Waals surface area contributed by atoms with Gasteiger partial charge in [0.15, 0.2) is 5.84 Å². The second kappa shape index (κ2) is 6.06. The zero-order chi connectivity index (χ0) is 14.5. The number of benzene rings is 2. The molecule has 0 aromatic heterocycles. The molecular formula is C15H16FN3O. The van der Waals surface area contributed by atoms with E-state index in [0.717, 1.165) is 16.8 Å². The highest BCUT2D eigenvalue weighted by Gasteiger charge is 2.02. The Morgan fingerprint density at radius 3 is 2.60 bits per heavy atom. The van der Waals surface area contributed by atoms with E-state index in [2.05, 4.69) is 10.5 Å². The normalized spacial score (nSPS) is 11.4. The second-order valence-electron chi connectivity index (χ2n) is 4.49. The molecule has 0 saturated heterocycles. The summed E-state index contributed by atoms with van der Waals surface area (Å²) in [5.41, 5.74) is 8.91. The Hall–Kier alpha value is -2.56. The number of nitrogens with zero attached hydrogens (tertiary/aromatic N) is 1. The van der Waals surface area contributed by atoms with Crippen molar-refractivity contribution in [1.82, 2.24) is 0 Å². The Morgan fingerprint density at radius 2 is 1.95 bits per heavy atom. The number of aryl methyl sites for hydroxylation is 1. The van der Waals surface area contributed by atoms with Crippen LogP contribution in [0.15, 0.2) is 47.6 Å². The smallest absolute Gasteiger partial charge is 0.170 e. The van der Waals surface area contributed by atoms with E-state index in [1.165, 1.54) is 12.1 Å². The van der Waals surface area contributed by atoms with Crippen LogP contribution in [0, 0.1) is 12.7 Å². The highest BCUT2D eigenvalue weighted by atomic mass is 19.1. The molecule has 0 fully saturated rings. The average molecular weight is 273 g/mol. The van der Waals surface area contributed by atoms with Crippen LogP contribution >= 0.6 is 0 Å². The lowest BCUT2D eigenvalue weighted by Gasteiger charge is -2.10. The second-order valence-corrected chi connectivity index (χ2v) is 4.49. The van der Waals surface area contributed by atoms with Gasteiger partial charge in [0.2, 0.25) is 0 Å². The average Bonchev–Trinajstić information content (AvgIpc) is 2.48. The van der Waals surface area contributed by atoms with E-state index < -0.39 is 0 Å². The van der Waals surface area contributed by atoms with Crippen LogP contribution in [0.4, 0.5) is 10.1 Å². The van der Waals surface area contributed by atoms with Crippen molar-refractivity contribution >= 4 is 11.5 Å². The van der Waals surface area contributed by atoms with E-state index in [9.17, 15) is 4.39 Å². The summed E-state index contributed by atoms with van der Waals surface area (Å²) in [5.74, 6) is -0.189. The first-order chi connectivity index (χ1) is 9.60. The van der Waals surface area contributed by atoms with E-state index in [1.54, 1.807) is 18.2 Å². The number of nitrogens with two attached hydrogens (primary N) is 1. The van der Waals surface area contributed by atoms with Gasteiger partial charge >= 0.3 is 0 Å². The van der Waals surface area contributed by atoms with Crippen LogP contribution in [0.25, 0.3) is 0 Å². The van der Waals surface area contributed by atoms with Crippen molar-refractivity contribution in [1.29, 1.82) is 0 Å². The first kappa shape index (κ1) is 13.9. The topological polar surface area (TPSA) is 70.6 Å². The van der Waals surface area contributed by atoms with Crippen LogP contribution in [-0.2, 0) is 6.54 Å². The van der Waals surface area contributed by atoms with E-state index in [-0.39, 0.29) is 11.7 Å². The summed E-state index contributed by atoms with van der Waals surface area (Å²) in [7, 11) is 0. The van der Waals surface area contributed by atoms with Gasteiger partial charge in [-0.1, -0.05) is 35.5 Å². The van der Waals surface area contributed by atoms with Crippen LogP contribution < -0.4 is 11.1 Å². The lowest BCUT2D eigenvalue weighted by molar-refractivity contribution is 0.318. The van der Waals surface area contributed by atoms with E-state index in [4.69, 9.17) is 10.9 Å². The number of halogens is 1. The lowest BCUT2D eigenvalue weighted by Crippen LogP contribution is -2.13. The predicted octanol–water partition coefficient (Wildman–Crippen LogP) is 2.84. The van der Waals surface area contributed by atoms with Gasteiger partial charge in [-0.25, -0.2) is 4.39 Å². The van der Waals surface area contributed by atoms with Gasteiger partial charge in [0.1, 0.15) is 5.82 Å². The largest absolute Gasteiger partial charge is 0.409 e. The van der Waals surface area contributed by atoms with Crippen molar-refractivity contribution in [3.05, 3.63) is 65.0 Å². The van der Waals surface area contributed by atoms with E-state index in [0.29, 0.717) is 12.1 Å². The Kier molecular flexibility index (Phi) is 4.20. The third-order valence-electron chi connectivity index (χ3n) is 3.04. The zero-order valence-electron chi connectivity index (χ0n) is 11.1. The molecule has 0 heterocycles. The summed E-state index contributed by atoms with van der Waals surface area (Å²) < 4.78 is 13.2. The standard InChI is InChI=1S/C15H16FN3O/c1-10-2-7-13(16)8-14(10)18-9-11-3-5-12(6-4-11)15(17)19-20/h2-8,18,20H,9H2,1H3,(H2,17,19). The van der Waals surface area contributed by atoms with Crippen LogP contribution in [0.1, 0.15) is 16.7 Å². The van der Waals surface area contributed by atoms with Crippen molar-refractivity contribution < 1.29 is 9.60 Å². The quantitative estimate of drug-likeness (QED) is 0.347. The van der Waals surface area contributed by atoms with Gasteiger partial charge in [-0.05, 0) is 30.2 Å². The number of anilines is 1. The molecule has 0 atom stereocenters. The first-order valence-corrected chi connectivity index (χ1v) is 6.17. The number of oxime groups is 1. The lowest BCUT2D eigenvalue weighted by atomic mass is 10.1. The Labute approximate surface area is 116 Å². The van der Waals surface area contributed by atoms with E-state index in [1.807, 2.05) is 19.1 Å². The Bertz CT molecular complexity index is 624. The van der Waals surface area contributed by atoms with Gasteiger partial charge in [0, 0.05) is 17.8 Å². The monoisotopic (exact) mass is 273 g/mol. The number of hydrogen-bond acceptors (Lipinski definition) is 3. The van der Waals surface area contributed by atoms with Crippen LogP contribution in [0.2, 0.25) is 0 Å². The molecule has 0 spiro atoms. The number of rotatable bonds is 4. The van der Waals surface area contributed by atoms with Crippen molar-refractivity contribution in [3.63, 3.8) is 0 Å². The molecule has 20 heavy (non-hydrogen) atoms. The summed E-state index contributed by atoms with van der Waals surface area (Å²) in [4.78, 5) is 0. The molecule has 0 unspecified atom stereocenters. The van der Waals surface area contributed by atoms with Gasteiger partial charge < -0.3 is 16.3 Å². The summed E-state index contributed by atoms with van der Waals surface area (Å²) in [5, 5.41) is 14.7. The highest BCUT2D eigenvalue weighted by molar-refractivity contribution is 5.96. The summed E-state index contributed by atoms with van der Waals surface area (Å²) in [6.07, 6.45) is 0. The molecule has 4 nitrogen and oxygen atoms in total. The van der Waals surface area contributed by atoms with Gasteiger partial charge in [-0.2, -0.15) is 0 Å². The molecule has 2 aromatic carbocycles. The van der Waals surface area contributed by atoms with E-state index >= 15 is 0 Å². The maximum Gasteiger partial charge on any atom is 0.170 e. The number of hydrogen-bond donors (Lipinski definition) is 3.